The molecule has 0 N–H and O–H groups in total. The molecule has 0 aromatic carbocycles. The molecule has 3 aromatic rings. The van der Waals surface area contributed by atoms with E-state index in [0.717, 1.165) is 29.9 Å². The summed E-state index contributed by atoms with van der Waals surface area (Å²) in [4.78, 5) is 14.3. The van der Waals surface area contributed by atoms with Crippen LogP contribution in [0.3, 0.4) is 0 Å². The number of aromatic nitrogens is 3. The number of hydrogen-bond donors (Lipinski definition) is 0. The van der Waals surface area contributed by atoms with E-state index < -0.39 is 5.41 Å². The van der Waals surface area contributed by atoms with Crippen molar-refractivity contribution in [3.63, 3.8) is 0 Å². The molecule has 3 heterocycles. The zero-order chi connectivity index (χ0) is 20.2. The van der Waals surface area contributed by atoms with E-state index in [1.807, 2.05) is 36.8 Å². The van der Waals surface area contributed by atoms with Crippen molar-refractivity contribution in [1.82, 2.24) is 15.0 Å². The maximum Gasteiger partial charge on any atom is 0.0966 e. The van der Waals surface area contributed by atoms with Crippen molar-refractivity contribution in [2.45, 2.75) is 70.1 Å². The molecule has 29 heavy (non-hydrogen) atoms. The molecule has 0 saturated heterocycles. The molecule has 0 saturated carbocycles. The Kier molecular flexibility index (Phi) is 8.36. The molecule has 0 fully saturated rings. The van der Waals surface area contributed by atoms with Crippen molar-refractivity contribution in [3.05, 3.63) is 90.3 Å². The Morgan fingerprint density at radius 2 is 0.966 bits per heavy atom. The van der Waals surface area contributed by atoms with Crippen LogP contribution in [-0.4, -0.2) is 15.0 Å². The van der Waals surface area contributed by atoms with Crippen LogP contribution in [0.4, 0.5) is 0 Å². The fraction of sp³-hybridized carbons (Fsp3) is 0.423. The smallest absolute Gasteiger partial charge is 0.0966 e. The number of pyridine rings is 3. The topological polar surface area (TPSA) is 38.7 Å². The Labute approximate surface area is 175 Å². The van der Waals surface area contributed by atoms with Crippen LogP contribution >= 0.6 is 0 Å². The third-order valence-corrected chi connectivity index (χ3v) is 5.71. The number of unbranched alkanes of at least 4 members (excludes halogenated alkanes) is 7. The molecule has 3 aromatic heterocycles. The summed E-state index contributed by atoms with van der Waals surface area (Å²) in [5.41, 5.74) is 2.67. The maximum absolute atomic E-state index is 4.77. The van der Waals surface area contributed by atoms with Crippen LogP contribution in [0.1, 0.15) is 81.8 Å². The fourth-order valence-corrected chi connectivity index (χ4v) is 4.15. The van der Waals surface area contributed by atoms with Crippen LogP contribution in [0.15, 0.2) is 73.2 Å². The summed E-state index contributed by atoms with van der Waals surface area (Å²) in [6, 6.07) is 18.5. The highest BCUT2D eigenvalue weighted by Gasteiger charge is 2.39. The first-order valence-electron chi connectivity index (χ1n) is 11.1. The lowest BCUT2D eigenvalue weighted by Crippen LogP contribution is -2.32. The molecular formula is C26H33N3. The van der Waals surface area contributed by atoms with Crippen molar-refractivity contribution < 1.29 is 0 Å². The highest BCUT2D eigenvalue weighted by molar-refractivity contribution is 5.42. The van der Waals surface area contributed by atoms with E-state index in [1.165, 1.54) is 44.9 Å². The number of nitrogens with zero attached hydrogens (tertiary/aromatic N) is 3. The zero-order valence-electron chi connectivity index (χ0n) is 17.6. The molecule has 0 atom stereocenters. The maximum atomic E-state index is 4.77. The molecule has 152 valence electrons. The van der Waals surface area contributed by atoms with Gasteiger partial charge in [0.2, 0.25) is 0 Å². The summed E-state index contributed by atoms with van der Waals surface area (Å²) in [5.74, 6) is 0. The second-order valence-corrected chi connectivity index (χ2v) is 7.78. The standard InChI is InChI=1S/C26H33N3/c1-2-3-4-5-6-7-8-12-19-26(23-16-9-13-20-27-23,24-17-10-14-21-28-24)25-18-11-15-22-29-25/h9-11,13-18,20-22H,2-8,12,19H2,1H3. The first-order valence-corrected chi connectivity index (χ1v) is 11.1. The molecular weight excluding hydrogens is 354 g/mol. The van der Waals surface area contributed by atoms with Gasteiger partial charge in [-0.15, -0.1) is 0 Å². The average Bonchev–Trinajstić information content (AvgIpc) is 2.80. The molecule has 3 heteroatoms. The molecule has 0 aliphatic heterocycles. The van der Waals surface area contributed by atoms with Gasteiger partial charge in [-0.05, 0) is 42.8 Å². The van der Waals surface area contributed by atoms with Crippen LogP contribution in [0, 0.1) is 0 Å². The minimum absolute atomic E-state index is 0.411. The van der Waals surface area contributed by atoms with Gasteiger partial charge in [0, 0.05) is 18.6 Å². The van der Waals surface area contributed by atoms with E-state index in [-0.39, 0.29) is 0 Å². The third kappa shape index (κ3) is 5.50. The Bertz CT molecular complexity index is 706. The highest BCUT2D eigenvalue weighted by Crippen LogP contribution is 2.40. The van der Waals surface area contributed by atoms with Crippen LogP contribution in [-0.2, 0) is 5.41 Å². The number of hydrogen-bond acceptors (Lipinski definition) is 3. The van der Waals surface area contributed by atoms with E-state index in [9.17, 15) is 0 Å². The normalized spacial score (nSPS) is 11.5. The Morgan fingerprint density at radius 3 is 1.34 bits per heavy atom. The summed E-state index contributed by atoms with van der Waals surface area (Å²) >= 11 is 0. The first-order chi connectivity index (χ1) is 14.4. The molecule has 0 bridgehead atoms. The zero-order valence-corrected chi connectivity index (χ0v) is 17.6. The molecule has 0 unspecified atom stereocenters. The van der Waals surface area contributed by atoms with Gasteiger partial charge in [0.05, 0.1) is 22.5 Å². The summed E-state index contributed by atoms with van der Waals surface area (Å²) in [6.07, 6.45) is 17.0. The summed E-state index contributed by atoms with van der Waals surface area (Å²) in [6.45, 7) is 2.27. The lowest BCUT2D eigenvalue weighted by molar-refractivity contribution is 0.468. The average molecular weight is 388 g/mol. The Morgan fingerprint density at radius 1 is 0.552 bits per heavy atom. The van der Waals surface area contributed by atoms with Gasteiger partial charge < -0.3 is 0 Å². The third-order valence-electron chi connectivity index (χ3n) is 5.71. The highest BCUT2D eigenvalue weighted by atomic mass is 14.8. The van der Waals surface area contributed by atoms with Gasteiger partial charge in [0.25, 0.3) is 0 Å². The van der Waals surface area contributed by atoms with Gasteiger partial charge in [-0.3, -0.25) is 15.0 Å². The lowest BCUT2D eigenvalue weighted by Gasteiger charge is -2.32. The van der Waals surface area contributed by atoms with Gasteiger partial charge in [0.1, 0.15) is 0 Å². The minimum atomic E-state index is -0.411. The quantitative estimate of drug-likeness (QED) is 0.323. The molecule has 0 spiro atoms. The molecule has 0 amide bonds. The summed E-state index contributed by atoms with van der Waals surface area (Å²) in [5, 5.41) is 0. The minimum Gasteiger partial charge on any atom is -0.260 e. The molecule has 3 rings (SSSR count). The van der Waals surface area contributed by atoms with Crippen molar-refractivity contribution in [2.75, 3.05) is 0 Å². The van der Waals surface area contributed by atoms with E-state index >= 15 is 0 Å². The van der Waals surface area contributed by atoms with Crippen LogP contribution < -0.4 is 0 Å². The van der Waals surface area contributed by atoms with E-state index in [0.29, 0.717) is 0 Å². The monoisotopic (exact) mass is 387 g/mol. The van der Waals surface area contributed by atoms with Gasteiger partial charge in [-0.2, -0.15) is 0 Å². The Hall–Kier alpha value is -2.55. The largest absolute Gasteiger partial charge is 0.260 e. The second kappa shape index (κ2) is 11.5. The van der Waals surface area contributed by atoms with Crippen LogP contribution in [0.25, 0.3) is 0 Å². The number of rotatable bonds is 12. The molecule has 0 radical (unpaired) electrons. The van der Waals surface area contributed by atoms with Crippen LogP contribution in [0.2, 0.25) is 0 Å². The second-order valence-electron chi connectivity index (χ2n) is 7.78. The van der Waals surface area contributed by atoms with E-state index in [1.54, 1.807) is 0 Å². The molecule has 3 nitrogen and oxygen atoms in total. The van der Waals surface area contributed by atoms with Crippen molar-refractivity contribution >= 4 is 0 Å². The van der Waals surface area contributed by atoms with Gasteiger partial charge >= 0.3 is 0 Å². The van der Waals surface area contributed by atoms with E-state index in [4.69, 9.17) is 15.0 Å². The van der Waals surface area contributed by atoms with Gasteiger partial charge in [-0.1, -0.05) is 76.5 Å². The Balaban J connectivity index is 1.83. The summed E-state index contributed by atoms with van der Waals surface area (Å²) in [7, 11) is 0. The molecule has 0 aliphatic rings. The predicted octanol–water partition coefficient (Wildman–Crippen LogP) is 6.74. The summed E-state index contributed by atoms with van der Waals surface area (Å²) < 4.78 is 0. The first kappa shape index (κ1) is 21.2. The van der Waals surface area contributed by atoms with Crippen molar-refractivity contribution in [1.29, 1.82) is 0 Å². The van der Waals surface area contributed by atoms with Crippen molar-refractivity contribution in [2.24, 2.45) is 0 Å². The molecule has 0 aliphatic carbocycles. The van der Waals surface area contributed by atoms with Gasteiger partial charge in [0.15, 0.2) is 0 Å². The van der Waals surface area contributed by atoms with Gasteiger partial charge in [-0.25, -0.2) is 0 Å². The SMILES string of the molecule is CCCCCCCCCCC(c1ccccn1)(c1ccccn1)c1ccccn1. The predicted molar refractivity (Wildman–Crippen MR) is 120 cm³/mol. The van der Waals surface area contributed by atoms with Crippen LogP contribution in [0.5, 0.6) is 0 Å². The van der Waals surface area contributed by atoms with Crippen molar-refractivity contribution in [3.8, 4) is 0 Å². The fourth-order valence-electron chi connectivity index (χ4n) is 4.15. The lowest BCUT2D eigenvalue weighted by atomic mass is 9.73. The van der Waals surface area contributed by atoms with E-state index in [2.05, 4.69) is 43.3 Å².